The van der Waals surface area contributed by atoms with Crippen LogP contribution in [0.3, 0.4) is 0 Å². The van der Waals surface area contributed by atoms with Crippen molar-refractivity contribution in [3.8, 4) is 0 Å². The number of aromatic nitrogens is 1. The van der Waals surface area contributed by atoms with Crippen LogP contribution in [0, 0.1) is 0 Å². The molecule has 0 atom stereocenters. The van der Waals surface area contributed by atoms with Crippen molar-refractivity contribution in [2.75, 3.05) is 16.8 Å². The lowest BCUT2D eigenvalue weighted by Gasteiger charge is -2.22. The Bertz CT molecular complexity index is 937. The van der Waals surface area contributed by atoms with Gasteiger partial charge in [0.05, 0.1) is 0 Å². The predicted molar refractivity (Wildman–Crippen MR) is 108 cm³/mol. The maximum absolute atomic E-state index is 12.6. The minimum absolute atomic E-state index is 0.00720. The Kier molecular flexibility index (Phi) is 5.61. The molecule has 1 aromatic heterocycles. The lowest BCUT2D eigenvalue weighted by atomic mass is 10.1. The molecule has 1 heterocycles. The summed E-state index contributed by atoms with van der Waals surface area (Å²) in [5.41, 5.74) is 2.79. The highest BCUT2D eigenvalue weighted by molar-refractivity contribution is 6.05. The van der Waals surface area contributed by atoms with Crippen LogP contribution in [-0.4, -0.2) is 23.2 Å². The average molecular weight is 359 g/mol. The molecule has 1 amide bonds. The molecule has 3 aromatic rings. The Morgan fingerprint density at radius 1 is 0.963 bits per heavy atom. The summed E-state index contributed by atoms with van der Waals surface area (Å²) >= 11 is 0. The molecule has 0 unspecified atom stereocenters. The zero-order valence-electron chi connectivity index (χ0n) is 15.3. The molecule has 0 saturated carbocycles. The summed E-state index contributed by atoms with van der Waals surface area (Å²) in [7, 11) is 0. The van der Waals surface area contributed by atoms with E-state index < -0.39 is 0 Å². The molecule has 0 fully saturated rings. The summed E-state index contributed by atoms with van der Waals surface area (Å²) < 4.78 is 0. The monoisotopic (exact) mass is 359 g/mol. The highest BCUT2D eigenvalue weighted by Gasteiger charge is 2.12. The number of rotatable bonds is 6. The lowest BCUT2D eigenvalue weighted by Crippen LogP contribution is -2.19. The lowest BCUT2D eigenvalue weighted by molar-refractivity contribution is 0.101. The maximum Gasteiger partial charge on any atom is 0.255 e. The molecule has 0 spiro atoms. The van der Waals surface area contributed by atoms with Crippen molar-refractivity contribution in [3.05, 3.63) is 84.1 Å². The Balaban J connectivity index is 1.80. The van der Waals surface area contributed by atoms with Crippen LogP contribution in [0.5, 0.6) is 0 Å². The van der Waals surface area contributed by atoms with Crippen molar-refractivity contribution in [1.82, 2.24) is 4.98 Å². The number of hydrogen-bond donors (Lipinski definition) is 1. The van der Waals surface area contributed by atoms with Gasteiger partial charge >= 0.3 is 0 Å². The van der Waals surface area contributed by atoms with E-state index in [1.54, 1.807) is 42.6 Å². The third kappa shape index (κ3) is 4.39. The van der Waals surface area contributed by atoms with Crippen LogP contribution in [0.15, 0.2) is 72.9 Å². The third-order valence-corrected chi connectivity index (χ3v) is 4.22. The highest BCUT2D eigenvalue weighted by Crippen LogP contribution is 2.23. The first-order valence-electron chi connectivity index (χ1n) is 8.79. The van der Waals surface area contributed by atoms with Gasteiger partial charge in [0.1, 0.15) is 5.82 Å². The van der Waals surface area contributed by atoms with Crippen molar-refractivity contribution in [3.63, 3.8) is 0 Å². The van der Waals surface area contributed by atoms with Gasteiger partial charge < -0.3 is 10.2 Å². The first-order valence-corrected chi connectivity index (χ1v) is 8.79. The van der Waals surface area contributed by atoms with E-state index in [1.807, 2.05) is 42.2 Å². The molecule has 0 aliphatic carbocycles. The van der Waals surface area contributed by atoms with E-state index in [1.165, 1.54) is 6.92 Å². The molecule has 136 valence electrons. The zero-order chi connectivity index (χ0) is 19.2. The van der Waals surface area contributed by atoms with Gasteiger partial charge in [0, 0.05) is 35.2 Å². The number of ketones is 1. The van der Waals surface area contributed by atoms with E-state index in [0.717, 1.165) is 12.2 Å². The quantitative estimate of drug-likeness (QED) is 0.648. The topological polar surface area (TPSA) is 62.3 Å². The number of nitrogens with zero attached hydrogens (tertiary/aromatic N) is 2. The second kappa shape index (κ2) is 8.27. The molecule has 0 aliphatic heterocycles. The summed E-state index contributed by atoms with van der Waals surface area (Å²) in [5.74, 6) is 0.480. The number of pyridine rings is 1. The molecule has 27 heavy (non-hydrogen) atoms. The van der Waals surface area contributed by atoms with Crippen LogP contribution in [-0.2, 0) is 0 Å². The average Bonchev–Trinajstić information content (AvgIpc) is 2.70. The van der Waals surface area contributed by atoms with Crippen LogP contribution in [0.4, 0.5) is 17.2 Å². The smallest absolute Gasteiger partial charge is 0.255 e. The van der Waals surface area contributed by atoms with Gasteiger partial charge in [-0.15, -0.1) is 0 Å². The van der Waals surface area contributed by atoms with Gasteiger partial charge in [-0.05, 0) is 62.4 Å². The maximum atomic E-state index is 12.6. The van der Waals surface area contributed by atoms with E-state index in [4.69, 9.17) is 0 Å². The Hall–Kier alpha value is -3.47. The zero-order valence-corrected chi connectivity index (χ0v) is 15.3. The molecule has 0 bridgehead atoms. The molecule has 0 saturated heterocycles. The molecule has 5 nitrogen and oxygen atoms in total. The molecule has 0 radical (unpaired) electrons. The standard InChI is InChI=1S/C22H21N3O2/c1-3-25(20-7-5-4-6-8-20)21-15-18(13-14-23-21)22(27)24-19-11-9-17(10-12-19)16(2)26/h4-15H,3H2,1-2H3,(H,24,27). The molecular formula is C22H21N3O2. The van der Waals surface area contributed by atoms with Gasteiger partial charge in [-0.25, -0.2) is 4.98 Å². The van der Waals surface area contributed by atoms with Gasteiger partial charge in [-0.3, -0.25) is 9.59 Å². The number of anilines is 3. The van der Waals surface area contributed by atoms with Crippen LogP contribution >= 0.6 is 0 Å². The van der Waals surface area contributed by atoms with Crippen LogP contribution in [0.1, 0.15) is 34.6 Å². The molecule has 1 N–H and O–H groups in total. The first kappa shape index (κ1) is 18.3. The first-order chi connectivity index (χ1) is 13.1. The summed E-state index contributed by atoms with van der Waals surface area (Å²) in [4.78, 5) is 30.4. The van der Waals surface area contributed by atoms with Crippen LogP contribution < -0.4 is 10.2 Å². The Morgan fingerprint density at radius 3 is 2.30 bits per heavy atom. The fourth-order valence-electron chi connectivity index (χ4n) is 2.78. The molecule has 3 rings (SSSR count). The Labute approximate surface area is 158 Å². The number of amides is 1. The summed E-state index contributed by atoms with van der Waals surface area (Å²) in [6, 6.07) is 20.2. The fraction of sp³-hybridized carbons (Fsp3) is 0.136. The van der Waals surface area contributed by atoms with Crippen molar-refractivity contribution >= 4 is 28.9 Å². The number of nitrogens with one attached hydrogen (secondary N) is 1. The van der Waals surface area contributed by atoms with Crippen LogP contribution in [0.25, 0.3) is 0 Å². The van der Waals surface area contributed by atoms with Gasteiger partial charge in [0.25, 0.3) is 5.91 Å². The van der Waals surface area contributed by atoms with E-state index in [2.05, 4.69) is 10.3 Å². The third-order valence-electron chi connectivity index (χ3n) is 4.22. The highest BCUT2D eigenvalue weighted by atomic mass is 16.1. The number of hydrogen-bond acceptors (Lipinski definition) is 4. The van der Waals surface area contributed by atoms with Crippen molar-refractivity contribution in [1.29, 1.82) is 0 Å². The van der Waals surface area contributed by atoms with E-state index in [0.29, 0.717) is 22.6 Å². The largest absolute Gasteiger partial charge is 0.327 e. The van der Waals surface area contributed by atoms with Crippen molar-refractivity contribution in [2.24, 2.45) is 0 Å². The van der Waals surface area contributed by atoms with E-state index in [-0.39, 0.29) is 11.7 Å². The Morgan fingerprint density at radius 2 is 1.67 bits per heavy atom. The molecule has 2 aromatic carbocycles. The van der Waals surface area contributed by atoms with Gasteiger partial charge in [0.15, 0.2) is 5.78 Å². The number of para-hydroxylation sites is 1. The molecule has 5 heteroatoms. The fourth-order valence-corrected chi connectivity index (χ4v) is 2.78. The van der Waals surface area contributed by atoms with Crippen molar-refractivity contribution in [2.45, 2.75) is 13.8 Å². The predicted octanol–water partition coefficient (Wildman–Crippen LogP) is 4.69. The second-order valence-corrected chi connectivity index (χ2v) is 6.07. The van der Waals surface area contributed by atoms with Crippen molar-refractivity contribution < 1.29 is 9.59 Å². The minimum Gasteiger partial charge on any atom is -0.327 e. The second-order valence-electron chi connectivity index (χ2n) is 6.07. The molecule has 0 aliphatic rings. The number of Topliss-reactive ketones (excluding diaryl/α,β-unsaturated/α-hetero) is 1. The number of benzene rings is 2. The summed E-state index contributed by atoms with van der Waals surface area (Å²) in [5, 5.41) is 2.85. The van der Waals surface area contributed by atoms with Gasteiger partial charge in [-0.1, -0.05) is 18.2 Å². The minimum atomic E-state index is -0.224. The number of carbonyl (C=O) groups excluding carboxylic acids is 2. The van der Waals surface area contributed by atoms with E-state index in [9.17, 15) is 9.59 Å². The summed E-state index contributed by atoms with van der Waals surface area (Å²) in [6.07, 6.45) is 1.63. The molecular weight excluding hydrogens is 338 g/mol. The number of carbonyl (C=O) groups is 2. The van der Waals surface area contributed by atoms with Gasteiger partial charge in [-0.2, -0.15) is 0 Å². The van der Waals surface area contributed by atoms with Gasteiger partial charge in [0.2, 0.25) is 0 Å². The van der Waals surface area contributed by atoms with E-state index >= 15 is 0 Å². The summed E-state index contributed by atoms with van der Waals surface area (Å²) in [6.45, 7) is 4.28. The normalized spacial score (nSPS) is 10.3. The SMILES string of the molecule is CCN(c1ccccc1)c1cc(C(=O)Nc2ccc(C(C)=O)cc2)ccn1. The van der Waals surface area contributed by atoms with Crippen LogP contribution in [0.2, 0.25) is 0 Å².